The fraction of sp³-hybridized carbons (Fsp3) is 0.565. The standard InChI is InChI=1S/C23H34N6O3/c1-32-16-15-29(14-10-20(23(30)31)28-21-9-12-24-17-26-21)13-3-2-6-19-8-7-18-5-4-11-25-22(18)27-19/h7-9,12,17,20H,2-6,10-11,13-16H2,1H3,(H,25,27)(H,30,31)(H,24,26,28)/t20-/m0/s1. The highest BCUT2D eigenvalue weighted by Crippen LogP contribution is 2.20. The van der Waals surface area contributed by atoms with E-state index in [0.29, 0.717) is 25.4 Å². The molecule has 0 aliphatic carbocycles. The van der Waals surface area contributed by atoms with Gasteiger partial charge in [-0.15, -0.1) is 0 Å². The molecule has 174 valence electrons. The second-order valence-corrected chi connectivity index (χ2v) is 8.05. The van der Waals surface area contributed by atoms with Crippen molar-refractivity contribution in [2.75, 3.05) is 50.5 Å². The van der Waals surface area contributed by atoms with Crippen LogP contribution in [0.15, 0.2) is 30.7 Å². The number of carboxylic acid groups (broad SMARTS) is 1. The maximum absolute atomic E-state index is 11.7. The van der Waals surface area contributed by atoms with E-state index in [9.17, 15) is 9.90 Å². The largest absolute Gasteiger partial charge is 0.480 e. The molecule has 2 aromatic heterocycles. The van der Waals surface area contributed by atoms with Crippen LogP contribution in [0.3, 0.4) is 0 Å². The van der Waals surface area contributed by atoms with Crippen molar-refractivity contribution in [1.29, 1.82) is 0 Å². The molecule has 0 spiro atoms. The number of ether oxygens (including phenoxy) is 1. The Morgan fingerprint density at radius 1 is 1.28 bits per heavy atom. The van der Waals surface area contributed by atoms with Crippen LogP contribution in [-0.2, 0) is 22.4 Å². The molecule has 3 heterocycles. The molecule has 0 amide bonds. The molecule has 1 aliphatic heterocycles. The Bertz CT molecular complexity index is 836. The number of pyridine rings is 1. The first-order valence-electron chi connectivity index (χ1n) is 11.3. The molecule has 2 aromatic rings. The summed E-state index contributed by atoms with van der Waals surface area (Å²) in [4.78, 5) is 26.7. The van der Waals surface area contributed by atoms with Crippen LogP contribution in [0.5, 0.6) is 0 Å². The summed E-state index contributed by atoms with van der Waals surface area (Å²) in [5.74, 6) is 0.677. The van der Waals surface area contributed by atoms with Gasteiger partial charge >= 0.3 is 5.97 Å². The SMILES string of the molecule is COCCN(CCCCc1ccc2c(n1)NCCC2)CC[C@H](Nc1ccncn1)C(=O)O. The van der Waals surface area contributed by atoms with Gasteiger partial charge in [0, 0.05) is 38.6 Å². The topological polar surface area (TPSA) is 113 Å². The Labute approximate surface area is 189 Å². The Hall–Kier alpha value is -2.78. The van der Waals surface area contributed by atoms with Gasteiger partial charge in [0.05, 0.1) is 6.61 Å². The van der Waals surface area contributed by atoms with Gasteiger partial charge in [-0.2, -0.15) is 0 Å². The summed E-state index contributed by atoms with van der Waals surface area (Å²) in [6.45, 7) is 3.96. The van der Waals surface area contributed by atoms with E-state index < -0.39 is 12.0 Å². The number of aromatic nitrogens is 3. The summed E-state index contributed by atoms with van der Waals surface area (Å²) >= 11 is 0. The minimum absolute atomic E-state index is 0.473. The van der Waals surface area contributed by atoms with E-state index in [0.717, 1.165) is 56.8 Å². The number of carboxylic acids is 1. The number of nitrogens with one attached hydrogen (secondary N) is 2. The lowest BCUT2D eigenvalue weighted by atomic mass is 10.1. The highest BCUT2D eigenvalue weighted by Gasteiger charge is 2.19. The van der Waals surface area contributed by atoms with E-state index in [1.54, 1.807) is 19.4 Å². The first kappa shape index (κ1) is 23.9. The van der Waals surface area contributed by atoms with E-state index in [1.165, 1.54) is 18.3 Å². The van der Waals surface area contributed by atoms with Crippen molar-refractivity contribution in [2.24, 2.45) is 0 Å². The monoisotopic (exact) mass is 442 g/mol. The lowest BCUT2D eigenvalue weighted by Gasteiger charge is -2.24. The number of unbranched alkanes of at least 4 members (excludes halogenated alkanes) is 1. The molecule has 0 fully saturated rings. The van der Waals surface area contributed by atoms with Crippen molar-refractivity contribution in [3.63, 3.8) is 0 Å². The number of hydrogen-bond acceptors (Lipinski definition) is 8. The van der Waals surface area contributed by atoms with Crippen LogP contribution in [0, 0.1) is 0 Å². The molecule has 3 rings (SSSR count). The molecule has 3 N–H and O–H groups in total. The zero-order chi connectivity index (χ0) is 22.6. The molecule has 1 aliphatic rings. The smallest absolute Gasteiger partial charge is 0.326 e. The first-order chi connectivity index (χ1) is 15.7. The molecule has 32 heavy (non-hydrogen) atoms. The third-order valence-corrected chi connectivity index (χ3v) is 5.66. The highest BCUT2D eigenvalue weighted by molar-refractivity contribution is 5.76. The van der Waals surface area contributed by atoms with Crippen molar-refractivity contribution in [3.8, 4) is 0 Å². The molecule has 0 radical (unpaired) electrons. The predicted molar refractivity (Wildman–Crippen MR) is 124 cm³/mol. The normalized spacial score (nSPS) is 13.9. The van der Waals surface area contributed by atoms with Gasteiger partial charge in [0.2, 0.25) is 0 Å². The maximum atomic E-state index is 11.7. The molecule has 9 heteroatoms. The van der Waals surface area contributed by atoms with Crippen molar-refractivity contribution in [2.45, 2.75) is 44.6 Å². The minimum atomic E-state index is -0.887. The average Bonchev–Trinajstić information content (AvgIpc) is 2.82. The van der Waals surface area contributed by atoms with Crippen LogP contribution < -0.4 is 10.6 Å². The van der Waals surface area contributed by atoms with E-state index in [2.05, 4.69) is 37.6 Å². The summed E-state index contributed by atoms with van der Waals surface area (Å²) in [5, 5.41) is 16.0. The Morgan fingerprint density at radius 2 is 2.19 bits per heavy atom. The number of rotatable bonds is 14. The molecular formula is C23H34N6O3. The summed E-state index contributed by atoms with van der Waals surface area (Å²) in [5.41, 5.74) is 2.44. The second-order valence-electron chi connectivity index (χ2n) is 8.05. The quantitative estimate of drug-likeness (QED) is 0.380. The Balaban J connectivity index is 1.45. The molecule has 0 unspecified atom stereocenters. The number of hydrogen-bond donors (Lipinski definition) is 3. The van der Waals surface area contributed by atoms with E-state index in [-0.39, 0.29) is 0 Å². The molecule has 0 saturated carbocycles. The van der Waals surface area contributed by atoms with Crippen LogP contribution in [0.25, 0.3) is 0 Å². The number of nitrogens with zero attached hydrogens (tertiary/aromatic N) is 4. The molecule has 1 atom stereocenters. The zero-order valence-electron chi connectivity index (χ0n) is 18.8. The van der Waals surface area contributed by atoms with E-state index in [4.69, 9.17) is 9.72 Å². The fourth-order valence-corrected chi connectivity index (χ4v) is 3.83. The van der Waals surface area contributed by atoms with E-state index >= 15 is 0 Å². The van der Waals surface area contributed by atoms with Crippen LogP contribution in [-0.4, -0.2) is 76.9 Å². The molecule has 9 nitrogen and oxygen atoms in total. The minimum Gasteiger partial charge on any atom is -0.480 e. The fourth-order valence-electron chi connectivity index (χ4n) is 3.83. The summed E-state index contributed by atoms with van der Waals surface area (Å²) in [6.07, 6.45) is 8.74. The third kappa shape index (κ3) is 7.72. The van der Waals surface area contributed by atoms with Crippen molar-refractivity contribution >= 4 is 17.6 Å². The number of carbonyl (C=O) groups is 1. The highest BCUT2D eigenvalue weighted by atomic mass is 16.5. The second kappa shape index (κ2) is 12.9. The van der Waals surface area contributed by atoms with Gasteiger partial charge in [0.1, 0.15) is 24.0 Å². The third-order valence-electron chi connectivity index (χ3n) is 5.66. The molecule has 0 saturated heterocycles. The number of anilines is 2. The van der Waals surface area contributed by atoms with Gasteiger partial charge in [0.15, 0.2) is 0 Å². The van der Waals surface area contributed by atoms with Gasteiger partial charge in [0.25, 0.3) is 0 Å². The van der Waals surface area contributed by atoms with Gasteiger partial charge in [-0.1, -0.05) is 6.07 Å². The lowest BCUT2D eigenvalue weighted by Crippen LogP contribution is -2.36. The van der Waals surface area contributed by atoms with Crippen LogP contribution in [0.2, 0.25) is 0 Å². The first-order valence-corrected chi connectivity index (χ1v) is 11.3. The maximum Gasteiger partial charge on any atom is 0.326 e. The molecular weight excluding hydrogens is 408 g/mol. The van der Waals surface area contributed by atoms with Gasteiger partial charge in [-0.25, -0.2) is 19.7 Å². The predicted octanol–water partition coefficient (Wildman–Crippen LogP) is 2.46. The van der Waals surface area contributed by atoms with Gasteiger partial charge < -0.3 is 25.4 Å². The zero-order valence-corrected chi connectivity index (χ0v) is 18.8. The number of methoxy groups -OCH3 is 1. The van der Waals surface area contributed by atoms with Gasteiger partial charge in [-0.05, 0) is 62.8 Å². The Kier molecular flexibility index (Phi) is 9.64. The van der Waals surface area contributed by atoms with Crippen molar-refractivity contribution in [3.05, 3.63) is 42.0 Å². The molecule has 0 bridgehead atoms. The summed E-state index contributed by atoms with van der Waals surface area (Å²) in [7, 11) is 1.69. The van der Waals surface area contributed by atoms with Crippen LogP contribution in [0.1, 0.15) is 36.9 Å². The lowest BCUT2D eigenvalue weighted by molar-refractivity contribution is -0.138. The number of fused-ring (bicyclic) bond motifs is 1. The van der Waals surface area contributed by atoms with Gasteiger partial charge in [-0.3, -0.25) is 0 Å². The van der Waals surface area contributed by atoms with Crippen molar-refractivity contribution < 1.29 is 14.6 Å². The summed E-state index contributed by atoms with van der Waals surface area (Å²) in [6, 6.07) is 5.31. The van der Waals surface area contributed by atoms with Crippen LogP contribution >= 0.6 is 0 Å². The number of aryl methyl sites for hydroxylation is 2. The summed E-state index contributed by atoms with van der Waals surface area (Å²) < 4.78 is 5.24. The average molecular weight is 443 g/mol. The van der Waals surface area contributed by atoms with Crippen molar-refractivity contribution in [1.82, 2.24) is 19.9 Å². The van der Waals surface area contributed by atoms with Crippen LogP contribution in [0.4, 0.5) is 11.6 Å². The van der Waals surface area contributed by atoms with E-state index in [1.807, 2.05) is 0 Å². The Morgan fingerprint density at radius 3 is 2.97 bits per heavy atom. The molecule has 0 aromatic carbocycles. The number of aliphatic carboxylic acids is 1.